The van der Waals surface area contributed by atoms with E-state index >= 15 is 0 Å². The van der Waals surface area contributed by atoms with E-state index in [1.807, 2.05) is 0 Å². The highest BCUT2D eigenvalue weighted by Crippen LogP contribution is 1.81. The van der Waals surface area contributed by atoms with Crippen LogP contribution < -0.4 is 11.2 Å². The van der Waals surface area contributed by atoms with Crippen LogP contribution in [0.4, 0.5) is 0 Å². The SMILES string of the molecule is NCCNOCCCS. The number of thiol groups is 1. The molecule has 0 atom stereocenters. The van der Waals surface area contributed by atoms with Crippen molar-refractivity contribution in [2.45, 2.75) is 6.42 Å². The predicted molar refractivity (Wildman–Crippen MR) is 41.5 cm³/mol. The van der Waals surface area contributed by atoms with E-state index in [9.17, 15) is 0 Å². The minimum absolute atomic E-state index is 0.612. The van der Waals surface area contributed by atoms with Crippen LogP contribution in [0.3, 0.4) is 0 Å². The number of nitrogens with one attached hydrogen (secondary N) is 1. The second-order valence-corrected chi connectivity index (χ2v) is 2.06. The number of hydroxylamine groups is 1. The van der Waals surface area contributed by atoms with Crippen LogP contribution in [-0.2, 0) is 4.84 Å². The van der Waals surface area contributed by atoms with Gasteiger partial charge in [0.1, 0.15) is 0 Å². The van der Waals surface area contributed by atoms with E-state index in [1.165, 1.54) is 0 Å². The molecule has 0 aromatic heterocycles. The normalized spacial score (nSPS) is 10.0. The van der Waals surface area contributed by atoms with Crippen molar-refractivity contribution in [2.24, 2.45) is 5.73 Å². The fourth-order valence-electron chi connectivity index (χ4n) is 0.340. The third kappa shape index (κ3) is 8.23. The summed E-state index contributed by atoms with van der Waals surface area (Å²) in [6.45, 7) is 2.04. The van der Waals surface area contributed by atoms with Crippen molar-refractivity contribution in [1.82, 2.24) is 5.48 Å². The third-order valence-corrected chi connectivity index (χ3v) is 1.07. The van der Waals surface area contributed by atoms with Crippen molar-refractivity contribution >= 4 is 12.6 Å². The average molecular weight is 150 g/mol. The summed E-state index contributed by atoms with van der Waals surface area (Å²) in [5.41, 5.74) is 7.90. The van der Waals surface area contributed by atoms with Crippen LogP contribution in [0.2, 0.25) is 0 Å². The first-order valence-electron chi connectivity index (χ1n) is 3.07. The highest BCUT2D eigenvalue weighted by molar-refractivity contribution is 7.80. The molecule has 3 N–H and O–H groups in total. The Morgan fingerprint density at radius 2 is 2.33 bits per heavy atom. The van der Waals surface area contributed by atoms with Gasteiger partial charge in [-0.15, -0.1) is 0 Å². The zero-order valence-corrected chi connectivity index (χ0v) is 6.36. The molecule has 0 heterocycles. The van der Waals surface area contributed by atoms with Crippen LogP contribution in [0.15, 0.2) is 0 Å². The lowest BCUT2D eigenvalue weighted by atomic mass is 10.5. The Bertz CT molecular complexity index is 48.2. The maximum Gasteiger partial charge on any atom is 0.0689 e. The van der Waals surface area contributed by atoms with Gasteiger partial charge in [-0.1, -0.05) is 0 Å². The minimum atomic E-state index is 0.612. The van der Waals surface area contributed by atoms with Gasteiger partial charge in [-0.05, 0) is 12.2 Å². The smallest absolute Gasteiger partial charge is 0.0689 e. The van der Waals surface area contributed by atoms with E-state index < -0.39 is 0 Å². The van der Waals surface area contributed by atoms with Crippen LogP contribution >= 0.6 is 12.6 Å². The van der Waals surface area contributed by atoms with Crippen molar-refractivity contribution < 1.29 is 4.84 Å². The summed E-state index contributed by atoms with van der Waals surface area (Å²) in [5.74, 6) is 0.865. The Morgan fingerprint density at radius 3 is 2.89 bits per heavy atom. The molecule has 0 spiro atoms. The maximum absolute atomic E-state index is 5.19. The molecular weight excluding hydrogens is 136 g/mol. The van der Waals surface area contributed by atoms with E-state index in [2.05, 4.69) is 18.1 Å². The van der Waals surface area contributed by atoms with E-state index in [0.717, 1.165) is 12.2 Å². The lowest BCUT2D eigenvalue weighted by Gasteiger charge is -2.01. The first-order chi connectivity index (χ1) is 4.41. The molecule has 0 aromatic rings. The molecule has 0 bridgehead atoms. The van der Waals surface area contributed by atoms with E-state index in [4.69, 9.17) is 10.6 Å². The number of rotatable bonds is 6. The minimum Gasteiger partial charge on any atom is -0.329 e. The molecule has 9 heavy (non-hydrogen) atoms. The Hall–Kier alpha value is 0.230. The molecule has 0 radical (unpaired) electrons. The van der Waals surface area contributed by atoms with Crippen molar-refractivity contribution in [3.05, 3.63) is 0 Å². The highest BCUT2D eigenvalue weighted by atomic mass is 32.1. The quantitative estimate of drug-likeness (QED) is 0.279. The Balaban J connectivity index is 2.60. The van der Waals surface area contributed by atoms with E-state index in [0.29, 0.717) is 19.7 Å². The fourth-order valence-corrected chi connectivity index (χ4v) is 0.469. The maximum atomic E-state index is 5.19. The Kier molecular flexibility index (Phi) is 8.44. The largest absolute Gasteiger partial charge is 0.329 e. The van der Waals surface area contributed by atoms with Crippen LogP contribution in [-0.4, -0.2) is 25.4 Å². The molecular formula is C5H14N2OS. The van der Waals surface area contributed by atoms with Gasteiger partial charge in [0, 0.05) is 13.1 Å². The summed E-state index contributed by atoms with van der Waals surface area (Å²) < 4.78 is 0. The Morgan fingerprint density at radius 1 is 1.56 bits per heavy atom. The van der Waals surface area contributed by atoms with Gasteiger partial charge in [0.15, 0.2) is 0 Å². The average Bonchev–Trinajstić information content (AvgIpc) is 1.89. The fraction of sp³-hybridized carbons (Fsp3) is 1.00. The number of nitrogens with two attached hydrogens (primary N) is 1. The van der Waals surface area contributed by atoms with Crippen LogP contribution in [0.1, 0.15) is 6.42 Å². The van der Waals surface area contributed by atoms with Gasteiger partial charge in [0.2, 0.25) is 0 Å². The van der Waals surface area contributed by atoms with Gasteiger partial charge in [-0.3, -0.25) is 0 Å². The van der Waals surface area contributed by atoms with E-state index in [-0.39, 0.29) is 0 Å². The molecule has 0 aliphatic carbocycles. The third-order valence-electron chi connectivity index (χ3n) is 0.753. The summed E-state index contributed by atoms with van der Waals surface area (Å²) in [5, 5.41) is 0. The lowest BCUT2D eigenvalue weighted by molar-refractivity contribution is 0.0442. The van der Waals surface area contributed by atoms with E-state index in [1.54, 1.807) is 0 Å². The predicted octanol–water partition coefficient (Wildman–Crippen LogP) is -0.214. The molecule has 0 amide bonds. The van der Waals surface area contributed by atoms with Crippen molar-refractivity contribution in [1.29, 1.82) is 0 Å². The van der Waals surface area contributed by atoms with Gasteiger partial charge >= 0.3 is 0 Å². The summed E-state index contributed by atoms with van der Waals surface area (Å²) >= 11 is 4.01. The molecule has 4 heteroatoms. The molecule has 0 fully saturated rings. The molecule has 3 nitrogen and oxygen atoms in total. The van der Waals surface area contributed by atoms with Crippen LogP contribution in [0, 0.1) is 0 Å². The molecule has 0 unspecified atom stereocenters. The molecule has 56 valence electrons. The molecule has 0 saturated heterocycles. The van der Waals surface area contributed by atoms with Crippen LogP contribution in [0.5, 0.6) is 0 Å². The van der Waals surface area contributed by atoms with Gasteiger partial charge < -0.3 is 10.6 Å². The first kappa shape index (κ1) is 9.23. The molecule has 0 aromatic carbocycles. The van der Waals surface area contributed by atoms with Gasteiger partial charge in [0.25, 0.3) is 0 Å². The second-order valence-electron chi connectivity index (χ2n) is 1.61. The zero-order valence-electron chi connectivity index (χ0n) is 5.47. The first-order valence-corrected chi connectivity index (χ1v) is 3.70. The summed E-state index contributed by atoms with van der Waals surface area (Å²) in [4.78, 5) is 4.94. The number of hydrogen-bond acceptors (Lipinski definition) is 4. The van der Waals surface area contributed by atoms with Gasteiger partial charge in [0.05, 0.1) is 6.61 Å². The summed E-state index contributed by atoms with van der Waals surface area (Å²) in [6, 6.07) is 0. The number of hydrogen-bond donors (Lipinski definition) is 3. The summed E-state index contributed by atoms with van der Waals surface area (Å²) in [6.07, 6.45) is 0.973. The van der Waals surface area contributed by atoms with Crippen LogP contribution in [0.25, 0.3) is 0 Å². The highest BCUT2D eigenvalue weighted by Gasteiger charge is 1.83. The second kappa shape index (κ2) is 8.23. The standard InChI is InChI=1S/C5H14N2OS/c6-2-3-7-8-4-1-5-9/h7,9H,1-6H2. The molecule has 0 rings (SSSR count). The zero-order chi connectivity index (χ0) is 6.95. The lowest BCUT2D eigenvalue weighted by Crippen LogP contribution is -2.23. The Labute approximate surface area is 61.3 Å². The van der Waals surface area contributed by atoms with Crippen molar-refractivity contribution in [3.8, 4) is 0 Å². The molecule has 0 aliphatic rings. The van der Waals surface area contributed by atoms with Crippen molar-refractivity contribution in [2.75, 3.05) is 25.4 Å². The van der Waals surface area contributed by atoms with Crippen molar-refractivity contribution in [3.63, 3.8) is 0 Å². The monoisotopic (exact) mass is 150 g/mol. The summed E-state index contributed by atoms with van der Waals surface area (Å²) in [7, 11) is 0. The van der Waals surface area contributed by atoms with Gasteiger partial charge in [-0.25, -0.2) is 5.48 Å². The topological polar surface area (TPSA) is 47.3 Å². The molecule has 0 aliphatic heterocycles. The van der Waals surface area contributed by atoms with Gasteiger partial charge in [-0.2, -0.15) is 12.6 Å². The molecule has 0 saturated carbocycles.